The van der Waals surface area contributed by atoms with Gasteiger partial charge >= 0.3 is 6.03 Å². The van der Waals surface area contributed by atoms with Crippen LogP contribution in [0.25, 0.3) is 0 Å². The Labute approximate surface area is 191 Å². The van der Waals surface area contributed by atoms with E-state index in [0.29, 0.717) is 18.8 Å². The highest BCUT2D eigenvalue weighted by Crippen LogP contribution is 2.48. The number of thiophene rings is 1. The average Bonchev–Trinajstić information content (AvgIpc) is 3.47. The topological polar surface area (TPSA) is 81.8 Å². The van der Waals surface area contributed by atoms with Crippen molar-refractivity contribution in [2.24, 2.45) is 5.92 Å². The van der Waals surface area contributed by atoms with Gasteiger partial charge < -0.3 is 5.32 Å². The summed E-state index contributed by atoms with van der Waals surface area (Å²) in [6.45, 7) is 2.71. The molecule has 0 bridgehead atoms. The Morgan fingerprint density at radius 3 is 2.75 bits per heavy atom. The van der Waals surface area contributed by atoms with Gasteiger partial charge in [0.2, 0.25) is 0 Å². The predicted octanol–water partition coefficient (Wildman–Crippen LogP) is 3.03. The summed E-state index contributed by atoms with van der Waals surface area (Å²) < 4.78 is 0. The highest BCUT2D eigenvalue weighted by molar-refractivity contribution is 7.10. The molecule has 0 spiro atoms. The molecule has 32 heavy (non-hydrogen) atoms. The Hall–Kier alpha value is -2.71. The molecule has 3 aliphatic rings. The van der Waals surface area contributed by atoms with E-state index >= 15 is 0 Å². The van der Waals surface area contributed by atoms with Crippen LogP contribution in [0.3, 0.4) is 0 Å². The van der Waals surface area contributed by atoms with E-state index in [-0.39, 0.29) is 18.5 Å². The molecule has 2 aromatic rings. The van der Waals surface area contributed by atoms with E-state index in [1.165, 1.54) is 23.3 Å². The van der Waals surface area contributed by atoms with E-state index in [1.54, 1.807) is 18.3 Å². The highest BCUT2D eigenvalue weighted by Gasteiger charge is 2.48. The minimum absolute atomic E-state index is 0.175. The lowest BCUT2D eigenvalue weighted by atomic mass is 9.93. The lowest BCUT2D eigenvalue weighted by Crippen LogP contribution is -2.52. The number of hydrogen-bond acceptors (Lipinski definition) is 5. The SMILES string of the molecule is C[C@@]1(CCc2ccccc2)NC(=O)N(NC(=O)CN2CCc3sccc3[C@@H]2C2CC2)C1=O. The van der Waals surface area contributed by atoms with Gasteiger partial charge in [0.25, 0.3) is 11.8 Å². The maximum atomic E-state index is 13.0. The molecule has 1 aromatic carbocycles. The molecule has 0 radical (unpaired) electrons. The van der Waals surface area contributed by atoms with Crippen LogP contribution < -0.4 is 10.7 Å². The van der Waals surface area contributed by atoms with Gasteiger partial charge in [0.1, 0.15) is 5.54 Å². The van der Waals surface area contributed by atoms with Gasteiger partial charge in [-0.25, -0.2) is 4.79 Å². The molecule has 1 aromatic heterocycles. The molecular formula is C24H28N4O3S. The summed E-state index contributed by atoms with van der Waals surface area (Å²) in [4.78, 5) is 42.0. The van der Waals surface area contributed by atoms with Crippen LogP contribution >= 0.6 is 11.3 Å². The van der Waals surface area contributed by atoms with E-state index in [2.05, 4.69) is 27.1 Å². The zero-order valence-electron chi connectivity index (χ0n) is 18.2. The van der Waals surface area contributed by atoms with Crippen molar-refractivity contribution in [2.75, 3.05) is 13.1 Å². The van der Waals surface area contributed by atoms with Gasteiger partial charge in [-0.3, -0.25) is 19.9 Å². The van der Waals surface area contributed by atoms with Crippen LogP contribution in [0.5, 0.6) is 0 Å². The Balaban J connectivity index is 1.21. The van der Waals surface area contributed by atoms with Gasteiger partial charge in [-0.05, 0) is 67.5 Å². The van der Waals surface area contributed by atoms with E-state index in [9.17, 15) is 14.4 Å². The third-order valence-electron chi connectivity index (χ3n) is 6.79. The van der Waals surface area contributed by atoms with Crippen molar-refractivity contribution in [3.05, 3.63) is 57.8 Å². The van der Waals surface area contributed by atoms with Crippen molar-refractivity contribution in [2.45, 2.75) is 50.6 Å². The number of aryl methyl sites for hydroxylation is 1. The molecule has 8 heteroatoms. The van der Waals surface area contributed by atoms with Crippen molar-refractivity contribution in [1.29, 1.82) is 0 Å². The fraction of sp³-hybridized carbons (Fsp3) is 0.458. The zero-order valence-corrected chi connectivity index (χ0v) is 19.0. The largest absolute Gasteiger partial charge is 0.344 e. The highest BCUT2D eigenvalue weighted by atomic mass is 32.1. The van der Waals surface area contributed by atoms with Gasteiger partial charge in [0.15, 0.2) is 0 Å². The molecule has 2 fully saturated rings. The van der Waals surface area contributed by atoms with Gasteiger partial charge in [0.05, 0.1) is 6.54 Å². The molecule has 7 nitrogen and oxygen atoms in total. The second-order valence-electron chi connectivity index (χ2n) is 9.23. The average molecular weight is 453 g/mol. The van der Waals surface area contributed by atoms with E-state index < -0.39 is 17.5 Å². The standard InChI is InChI=1S/C24H28N4O3S/c1-24(12-9-16-5-3-2-4-6-16)22(30)28(23(31)25-24)26-20(29)15-27-13-10-19-18(11-14-32-19)21(27)17-7-8-17/h2-6,11,14,17,21H,7-10,12-13,15H2,1H3,(H,25,31)(H,26,29)/t21-,24-/m0/s1. The molecule has 2 aliphatic heterocycles. The van der Waals surface area contributed by atoms with Crippen LogP contribution in [-0.4, -0.2) is 46.4 Å². The molecule has 2 atom stereocenters. The molecule has 5 rings (SSSR count). The number of nitrogens with one attached hydrogen (secondary N) is 2. The molecule has 4 amide bonds. The summed E-state index contributed by atoms with van der Waals surface area (Å²) in [5.41, 5.74) is 3.98. The van der Waals surface area contributed by atoms with Gasteiger partial charge in [-0.2, -0.15) is 5.01 Å². The van der Waals surface area contributed by atoms with Gasteiger partial charge in [-0.15, -0.1) is 11.3 Å². The first-order valence-corrected chi connectivity index (χ1v) is 12.1. The quantitative estimate of drug-likeness (QED) is 0.633. The minimum Gasteiger partial charge on any atom is -0.322 e. The third-order valence-corrected chi connectivity index (χ3v) is 7.78. The number of carbonyl (C=O) groups is 3. The summed E-state index contributed by atoms with van der Waals surface area (Å²) >= 11 is 1.79. The number of hydrazine groups is 1. The Bertz CT molecular complexity index is 1030. The molecule has 0 unspecified atom stereocenters. The van der Waals surface area contributed by atoms with Crippen molar-refractivity contribution in [1.82, 2.24) is 20.7 Å². The lowest BCUT2D eigenvalue weighted by Gasteiger charge is -2.35. The van der Waals surface area contributed by atoms with Crippen molar-refractivity contribution < 1.29 is 14.4 Å². The predicted molar refractivity (Wildman–Crippen MR) is 122 cm³/mol. The minimum atomic E-state index is -1.03. The molecule has 3 heterocycles. The summed E-state index contributed by atoms with van der Waals surface area (Å²) in [7, 11) is 0. The number of fused-ring (bicyclic) bond motifs is 1. The van der Waals surface area contributed by atoms with Crippen molar-refractivity contribution in [3.63, 3.8) is 0 Å². The molecule has 1 aliphatic carbocycles. The van der Waals surface area contributed by atoms with Crippen LogP contribution in [0.4, 0.5) is 4.79 Å². The van der Waals surface area contributed by atoms with Gasteiger partial charge in [0, 0.05) is 17.5 Å². The fourth-order valence-electron chi connectivity index (χ4n) is 4.88. The normalized spacial score (nSPS) is 25.5. The molecule has 1 saturated carbocycles. The second-order valence-corrected chi connectivity index (χ2v) is 10.2. The van der Waals surface area contributed by atoms with E-state index in [1.807, 2.05) is 30.3 Å². The fourth-order valence-corrected chi connectivity index (χ4v) is 5.79. The van der Waals surface area contributed by atoms with Crippen LogP contribution in [0, 0.1) is 5.92 Å². The first kappa shape index (κ1) is 21.2. The van der Waals surface area contributed by atoms with E-state index in [0.717, 1.165) is 23.5 Å². The van der Waals surface area contributed by atoms with Crippen molar-refractivity contribution in [3.8, 4) is 0 Å². The maximum Gasteiger partial charge on any atom is 0.344 e. The number of benzene rings is 1. The number of nitrogens with zero attached hydrogens (tertiary/aromatic N) is 2. The number of amides is 4. The summed E-state index contributed by atoms with van der Waals surface area (Å²) in [5.74, 6) is -0.149. The Morgan fingerprint density at radius 2 is 2.00 bits per heavy atom. The van der Waals surface area contributed by atoms with Crippen LogP contribution in [0.1, 0.15) is 48.2 Å². The molecule has 1 saturated heterocycles. The Kier molecular flexibility index (Phi) is 5.51. The molecule has 2 N–H and O–H groups in total. The Morgan fingerprint density at radius 1 is 1.22 bits per heavy atom. The van der Waals surface area contributed by atoms with Crippen LogP contribution in [0.2, 0.25) is 0 Å². The van der Waals surface area contributed by atoms with Crippen LogP contribution in [0.15, 0.2) is 41.8 Å². The lowest BCUT2D eigenvalue weighted by molar-refractivity contribution is -0.139. The first-order valence-electron chi connectivity index (χ1n) is 11.2. The summed E-state index contributed by atoms with van der Waals surface area (Å²) in [5, 5.41) is 5.76. The molecule has 168 valence electrons. The smallest absolute Gasteiger partial charge is 0.322 e. The molecular weight excluding hydrogens is 424 g/mol. The van der Waals surface area contributed by atoms with E-state index in [4.69, 9.17) is 0 Å². The number of carbonyl (C=O) groups excluding carboxylic acids is 3. The summed E-state index contributed by atoms with van der Waals surface area (Å²) in [6, 6.07) is 11.7. The third kappa shape index (κ3) is 4.04. The van der Waals surface area contributed by atoms with Crippen molar-refractivity contribution >= 4 is 29.2 Å². The number of imide groups is 1. The number of hydrogen-bond donors (Lipinski definition) is 2. The number of rotatable bonds is 7. The zero-order chi connectivity index (χ0) is 22.3. The monoisotopic (exact) mass is 452 g/mol. The number of urea groups is 1. The first-order chi connectivity index (χ1) is 15.4. The van der Waals surface area contributed by atoms with Gasteiger partial charge in [-0.1, -0.05) is 30.3 Å². The maximum absolute atomic E-state index is 13.0. The second kappa shape index (κ2) is 8.33. The van der Waals surface area contributed by atoms with Crippen LogP contribution in [-0.2, 0) is 22.4 Å². The summed E-state index contributed by atoms with van der Waals surface area (Å²) in [6.07, 6.45) is 4.43.